The predicted octanol–water partition coefficient (Wildman–Crippen LogP) is 3.15. The monoisotopic (exact) mass is 339 g/mol. The van der Waals surface area contributed by atoms with Crippen LogP contribution in [0.15, 0.2) is 42.5 Å². The van der Waals surface area contributed by atoms with Crippen LogP contribution in [0, 0.1) is 0 Å². The van der Waals surface area contributed by atoms with Crippen molar-refractivity contribution in [2.24, 2.45) is 0 Å². The fourth-order valence-electron chi connectivity index (χ4n) is 3.72. The van der Waals surface area contributed by atoms with Crippen molar-refractivity contribution in [1.29, 1.82) is 0 Å². The van der Waals surface area contributed by atoms with E-state index in [9.17, 15) is 9.90 Å². The molecule has 2 heterocycles. The highest BCUT2D eigenvalue weighted by Crippen LogP contribution is 2.33. The number of benzene rings is 2. The molecule has 0 bridgehead atoms. The van der Waals surface area contributed by atoms with Gasteiger partial charge in [-0.3, -0.25) is 4.90 Å². The Labute approximate surface area is 146 Å². The largest absolute Gasteiger partial charge is 0.486 e. The number of hydrogen-bond donors (Lipinski definition) is 1. The topological polar surface area (TPSA) is 59.0 Å². The van der Waals surface area contributed by atoms with E-state index in [-0.39, 0.29) is 5.92 Å². The summed E-state index contributed by atoms with van der Waals surface area (Å²) in [6.45, 7) is 3.87. The molecule has 0 radical (unpaired) electrons. The van der Waals surface area contributed by atoms with Crippen LogP contribution < -0.4 is 9.47 Å². The third-order valence-electron chi connectivity index (χ3n) is 4.92. The van der Waals surface area contributed by atoms with Crippen LogP contribution >= 0.6 is 0 Å². The molecule has 5 nitrogen and oxygen atoms in total. The van der Waals surface area contributed by atoms with E-state index in [0.29, 0.717) is 18.8 Å². The van der Waals surface area contributed by atoms with Gasteiger partial charge in [-0.15, -0.1) is 0 Å². The number of carboxylic acid groups (broad SMARTS) is 1. The Morgan fingerprint density at radius 1 is 1.12 bits per heavy atom. The highest BCUT2D eigenvalue weighted by Gasteiger charge is 2.27. The standard InChI is InChI=1S/C20H21NO4/c22-20(23)17-4-2-1-3-16(17)15-7-8-21(13-15)12-14-5-6-18-19(11-14)25-10-9-24-18/h1-6,11,15H,7-10,12-13H2,(H,22,23)/t15-/m0/s1. The average Bonchev–Trinajstić information content (AvgIpc) is 3.10. The van der Waals surface area contributed by atoms with Gasteiger partial charge in [-0.05, 0) is 48.2 Å². The Morgan fingerprint density at radius 3 is 2.76 bits per heavy atom. The molecule has 2 aliphatic heterocycles. The summed E-state index contributed by atoms with van der Waals surface area (Å²) in [5.74, 6) is 1.05. The molecule has 130 valence electrons. The van der Waals surface area contributed by atoms with Crippen molar-refractivity contribution in [3.05, 3.63) is 59.2 Å². The Balaban J connectivity index is 1.46. The molecule has 0 unspecified atom stereocenters. The summed E-state index contributed by atoms with van der Waals surface area (Å²) in [6, 6.07) is 13.4. The van der Waals surface area contributed by atoms with Gasteiger partial charge in [-0.25, -0.2) is 4.79 Å². The van der Waals surface area contributed by atoms with Crippen LogP contribution in [-0.4, -0.2) is 42.3 Å². The molecule has 5 heteroatoms. The molecule has 0 saturated carbocycles. The van der Waals surface area contributed by atoms with Gasteiger partial charge in [0, 0.05) is 13.1 Å². The number of carbonyl (C=O) groups is 1. The van der Waals surface area contributed by atoms with Gasteiger partial charge in [-0.2, -0.15) is 0 Å². The van der Waals surface area contributed by atoms with E-state index in [1.807, 2.05) is 24.3 Å². The number of fused-ring (bicyclic) bond motifs is 1. The number of likely N-dealkylation sites (tertiary alicyclic amines) is 1. The molecule has 1 saturated heterocycles. The summed E-state index contributed by atoms with van der Waals surface area (Å²) in [4.78, 5) is 13.8. The fourth-order valence-corrected chi connectivity index (χ4v) is 3.72. The summed E-state index contributed by atoms with van der Waals surface area (Å²) in [5, 5.41) is 9.40. The average molecular weight is 339 g/mol. The van der Waals surface area contributed by atoms with Gasteiger partial charge in [0.1, 0.15) is 13.2 Å². The number of hydrogen-bond acceptors (Lipinski definition) is 4. The highest BCUT2D eigenvalue weighted by molar-refractivity contribution is 5.89. The molecular formula is C20H21NO4. The second-order valence-corrected chi connectivity index (χ2v) is 6.59. The Morgan fingerprint density at radius 2 is 1.92 bits per heavy atom. The molecule has 0 spiro atoms. The van der Waals surface area contributed by atoms with Crippen LogP contribution in [0.5, 0.6) is 11.5 Å². The van der Waals surface area contributed by atoms with Crippen molar-refractivity contribution >= 4 is 5.97 Å². The summed E-state index contributed by atoms with van der Waals surface area (Å²) in [6.07, 6.45) is 0.981. The lowest BCUT2D eigenvalue weighted by Crippen LogP contribution is -2.21. The van der Waals surface area contributed by atoms with E-state index in [0.717, 1.165) is 43.1 Å². The maximum absolute atomic E-state index is 11.4. The first-order valence-corrected chi connectivity index (χ1v) is 8.64. The third-order valence-corrected chi connectivity index (χ3v) is 4.92. The van der Waals surface area contributed by atoms with E-state index in [1.54, 1.807) is 12.1 Å². The molecule has 1 atom stereocenters. The van der Waals surface area contributed by atoms with Crippen LogP contribution in [0.25, 0.3) is 0 Å². The Kier molecular flexibility index (Phi) is 4.32. The normalized spacial score (nSPS) is 19.8. The van der Waals surface area contributed by atoms with Gasteiger partial charge in [-0.1, -0.05) is 24.3 Å². The van der Waals surface area contributed by atoms with E-state index in [1.165, 1.54) is 5.56 Å². The van der Waals surface area contributed by atoms with E-state index in [4.69, 9.17) is 9.47 Å². The van der Waals surface area contributed by atoms with Crippen LogP contribution in [0.4, 0.5) is 0 Å². The minimum absolute atomic E-state index is 0.268. The first-order chi connectivity index (χ1) is 12.2. The van der Waals surface area contributed by atoms with Gasteiger partial charge in [0.2, 0.25) is 0 Å². The molecule has 2 aromatic rings. The van der Waals surface area contributed by atoms with Crippen molar-refractivity contribution in [2.75, 3.05) is 26.3 Å². The van der Waals surface area contributed by atoms with Crippen molar-refractivity contribution in [1.82, 2.24) is 4.90 Å². The molecule has 0 aromatic heterocycles. The van der Waals surface area contributed by atoms with Gasteiger partial charge in [0.25, 0.3) is 0 Å². The minimum Gasteiger partial charge on any atom is -0.486 e. The molecule has 1 N–H and O–H groups in total. The first kappa shape index (κ1) is 16.0. The zero-order valence-corrected chi connectivity index (χ0v) is 14.0. The maximum atomic E-state index is 11.4. The predicted molar refractivity (Wildman–Crippen MR) is 93.5 cm³/mol. The third kappa shape index (κ3) is 3.33. The van der Waals surface area contributed by atoms with E-state index in [2.05, 4.69) is 11.0 Å². The minimum atomic E-state index is -0.846. The molecule has 0 amide bonds. The highest BCUT2D eigenvalue weighted by atomic mass is 16.6. The van der Waals surface area contributed by atoms with E-state index < -0.39 is 5.97 Å². The van der Waals surface area contributed by atoms with Crippen molar-refractivity contribution in [2.45, 2.75) is 18.9 Å². The Bertz CT molecular complexity index is 789. The summed E-state index contributed by atoms with van der Waals surface area (Å²) in [5.41, 5.74) is 2.56. The Hall–Kier alpha value is -2.53. The quantitative estimate of drug-likeness (QED) is 0.927. The number of rotatable bonds is 4. The van der Waals surface area contributed by atoms with Crippen molar-refractivity contribution in [3.63, 3.8) is 0 Å². The number of carboxylic acids is 1. The fraction of sp³-hybridized carbons (Fsp3) is 0.350. The van der Waals surface area contributed by atoms with Gasteiger partial charge < -0.3 is 14.6 Å². The van der Waals surface area contributed by atoms with Gasteiger partial charge in [0.15, 0.2) is 11.5 Å². The molecule has 2 aromatic carbocycles. The van der Waals surface area contributed by atoms with E-state index >= 15 is 0 Å². The summed E-state index contributed by atoms with van der Waals surface area (Å²) >= 11 is 0. The molecule has 2 aliphatic rings. The van der Waals surface area contributed by atoms with Crippen LogP contribution in [0.1, 0.15) is 33.8 Å². The van der Waals surface area contributed by atoms with Gasteiger partial charge in [0.05, 0.1) is 5.56 Å². The second kappa shape index (κ2) is 6.76. The SMILES string of the molecule is O=C(O)c1ccccc1[C@H]1CCN(Cc2ccc3c(c2)OCCO3)C1. The van der Waals surface area contributed by atoms with Crippen molar-refractivity contribution in [3.8, 4) is 11.5 Å². The van der Waals surface area contributed by atoms with Gasteiger partial charge >= 0.3 is 5.97 Å². The van der Waals surface area contributed by atoms with Crippen LogP contribution in [0.2, 0.25) is 0 Å². The first-order valence-electron chi connectivity index (χ1n) is 8.64. The molecule has 1 fully saturated rings. The number of ether oxygens (including phenoxy) is 2. The molecule has 25 heavy (non-hydrogen) atoms. The second-order valence-electron chi connectivity index (χ2n) is 6.59. The molecule has 4 rings (SSSR count). The lowest BCUT2D eigenvalue weighted by molar-refractivity contribution is 0.0695. The summed E-state index contributed by atoms with van der Waals surface area (Å²) in [7, 11) is 0. The smallest absolute Gasteiger partial charge is 0.335 e. The summed E-state index contributed by atoms with van der Waals surface area (Å²) < 4.78 is 11.2. The molecular weight excluding hydrogens is 318 g/mol. The van der Waals surface area contributed by atoms with Crippen LogP contribution in [-0.2, 0) is 6.54 Å². The lowest BCUT2D eigenvalue weighted by atomic mass is 9.93. The lowest BCUT2D eigenvalue weighted by Gasteiger charge is -2.21. The van der Waals surface area contributed by atoms with Crippen LogP contribution in [0.3, 0.4) is 0 Å². The number of nitrogens with zero attached hydrogens (tertiary/aromatic N) is 1. The van der Waals surface area contributed by atoms with Crippen molar-refractivity contribution < 1.29 is 19.4 Å². The zero-order valence-electron chi connectivity index (χ0n) is 14.0. The number of aromatic carboxylic acids is 1. The molecule has 0 aliphatic carbocycles. The maximum Gasteiger partial charge on any atom is 0.335 e. The zero-order chi connectivity index (χ0) is 17.2.